The molecule has 2 N–H and O–H groups in total. The zero-order valence-electron chi connectivity index (χ0n) is 11.7. The van der Waals surface area contributed by atoms with Crippen LogP contribution in [0.4, 0.5) is 0 Å². The Morgan fingerprint density at radius 2 is 1.95 bits per heavy atom. The standard InChI is InChI=1S/C15H25NO3/c1-10-3-2-4-12(7-10)9-14(17)16-13(15(18)19)8-11-5-6-11/h10-13H,2-9H2,1H3,(H,16,17)(H,18,19). The molecule has 0 aromatic heterocycles. The molecule has 1 amide bonds. The van der Waals surface area contributed by atoms with Crippen LogP contribution < -0.4 is 5.32 Å². The van der Waals surface area contributed by atoms with Crippen LogP contribution in [0.5, 0.6) is 0 Å². The molecule has 0 bridgehead atoms. The number of rotatable bonds is 6. The van der Waals surface area contributed by atoms with Gasteiger partial charge in [0.15, 0.2) is 0 Å². The summed E-state index contributed by atoms with van der Waals surface area (Å²) >= 11 is 0. The summed E-state index contributed by atoms with van der Waals surface area (Å²) in [6, 6.07) is -0.680. The summed E-state index contributed by atoms with van der Waals surface area (Å²) in [5.74, 6) is 0.688. The molecule has 2 aliphatic carbocycles. The Balaban J connectivity index is 1.76. The van der Waals surface area contributed by atoms with E-state index in [1.54, 1.807) is 0 Å². The van der Waals surface area contributed by atoms with Crippen LogP contribution in [0.1, 0.15) is 58.3 Å². The largest absolute Gasteiger partial charge is 0.480 e. The Bertz CT molecular complexity index is 338. The highest BCUT2D eigenvalue weighted by atomic mass is 16.4. The normalized spacial score (nSPS) is 28.7. The highest BCUT2D eigenvalue weighted by Gasteiger charge is 2.31. The number of nitrogens with one attached hydrogen (secondary N) is 1. The molecular weight excluding hydrogens is 242 g/mol. The molecular formula is C15H25NO3. The van der Waals surface area contributed by atoms with Crippen LogP contribution in [0, 0.1) is 17.8 Å². The van der Waals surface area contributed by atoms with E-state index >= 15 is 0 Å². The summed E-state index contributed by atoms with van der Waals surface area (Å²) in [7, 11) is 0. The van der Waals surface area contributed by atoms with Gasteiger partial charge in [-0.15, -0.1) is 0 Å². The molecule has 0 heterocycles. The smallest absolute Gasteiger partial charge is 0.326 e. The quantitative estimate of drug-likeness (QED) is 0.777. The van der Waals surface area contributed by atoms with Crippen LogP contribution in [0.15, 0.2) is 0 Å². The Kier molecular flexibility index (Phi) is 4.83. The van der Waals surface area contributed by atoms with Crippen molar-refractivity contribution in [3.05, 3.63) is 0 Å². The molecule has 0 aromatic carbocycles. The first kappa shape index (κ1) is 14.4. The van der Waals surface area contributed by atoms with Gasteiger partial charge in [0, 0.05) is 6.42 Å². The number of carbonyl (C=O) groups is 2. The van der Waals surface area contributed by atoms with Gasteiger partial charge in [0.25, 0.3) is 0 Å². The van der Waals surface area contributed by atoms with Gasteiger partial charge in [0.1, 0.15) is 6.04 Å². The minimum Gasteiger partial charge on any atom is -0.480 e. The predicted octanol–water partition coefficient (Wildman–Crippen LogP) is 2.57. The van der Waals surface area contributed by atoms with Gasteiger partial charge in [-0.1, -0.05) is 32.6 Å². The van der Waals surface area contributed by atoms with Crippen molar-refractivity contribution < 1.29 is 14.7 Å². The Labute approximate surface area is 115 Å². The predicted molar refractivity (Wildman–Crippen MR) is 72.6 cm³/mol. The molecule has 0 aromatic rings. The number of carboxylic acids is 1. The summed E-state index contributed by atoms with van der Waals surface area (Å²) in [6.07, 6.45) is 7.99. The molecule has 0 radical (unpaired) electrons. The third-order valence-corrected chi connectivity index (χ3v) is 4.42. The Morgan fingerprint density at radius 3 is 2.53 bits per heavy atom. The minimum atomic E-state index is -0.891. The third-order valence-electron chi connectivity index (χ3n) is 4.42. The van der Waals surface area contributed by atoms with Gasteiger partial charge in [0.05, 0.1) is 0 Å². The molecule has 0 aliphatic heterocycles. The maximum Gasteiger partial charge on any atom is 0.326 e. The minimum absolute atomic E-state index is 0.0767. The van der Waals surface area contributed by atoms with Gasteiger partial charge < -0.3 is 10.4 Å². The molecule has 2 fully saturated rings. The highest BCUT2D eigenvalue weighted by Crippen LogP contribution is 2.34. The van der Waals surface area contributed by atoms with Crippen molar-refractivity contribution in [3.8, 4) is 0 Å². The topological polar surface area (TPSA) is 66.4 Å². The summed E-state index contributed by atoms with van der Waals surface area (Å²) in [4.78, 5) is 23.1. The molecule has 4 heteroatoms. The third kappa shape index (κ3) is 4.84. The molecule has 0 saturated heterocycles. The fraction of sp³-hybridized carbons (Fsp3) is 0.867. The van der Waals surface area contributed by atoms with E-state index in [0.29, 0.717) is 30.6 Å². The van der Waals surface area contributed by atoms with E-state index in [1.165, 1.54) is 12.8 Å². The maximum absolute atomic E-state index is 12.0. The molecule has 2 saturated carbocycles. The number of carboxylic acid groups (broad SMARTS) is 1. The lowest BCUT2D eigenvalue weighted by Crippen LogP contribution is -2.41. The molecule has 4 nitrogen and oxygen atoms in total. The SMILES string of the molecule is CC1CCCC(CC(=O)NC(CC2CC2)C(=O)O)C1. The summed E-state index contributed by atoms with van der Waals surface area (Å²) in [5, 5.41) is 11.8. The van der Waals surface area contributed by atoms with Gasteiger partial charge in [-0.2, -0.15) is 0 Å². The average molecular weight is 267 g/mol. The van der Waals surface area contributed by atoms with Crippen LogP contribution in [0.25, 0.3) is 0 Å². The van der Waals surface area contributed by atoms with Gasteiger partial charge in [-0.05, 0) is 37.0 Å². The lowest BCUT2D eigenvalue weighted by atomic mass is 9.80. The van der Waals surface area contributed by atoms with Crippen molar-refractivity contribution in [3.63, 3.8) is 0 Å². The number of hydrogen-bond acceptors (Lipinski definition) is 2. The number of carbonyl (C=O) groups excluding carboxylic acids is 1. The molecule has 2 aliphatic rings. The Hall–Kier alpha value is -1.06. The van der Waals surface area contributed by atoms with Crippen molar-refractivity contribution in [1.82, 2.24) is 5.32 Å². The van der Waals surface area contributed by atoms with Gasteiger partial charge in [-0.25, -0.2) is 4.79 Å². The van der Waals surface area contributed by atoms with E-state index in [9.17, 15) is 9.59 Å². The first-order valence-electron chi connectivity index (χ1n) is 7.56. The zero-order chi connectivity index (χ0) is 13.8. The van der Waals surface area contributed by atoms with Crippen LogP contribution >= 0.6 is 0 Å². The second kappa shape index (κ2) is 6.40. The van der Waals surface area contributed by atoms with Crippen LogP contribution in [0.2, 0.25) is 0 Å². The van der Waals surface area contributed by atoms with Crippen LogP contribution in [0.3, 0.4) is 0 Å². The second-order valence-corrected chi connectivity index (χ2v) is 6.48. The van der Waals surface area contributed by atoms with Crippen molar-refractivity contribution in [2.24, 2.45) is 17.8 Å². The summed E-state index contributed by atoms with van der Waals surface area (Å²) in [5.41, 5.74) is 0. The monoisotopic (exact) mass is 267 g/mol. The lowest BCUT2D eigenvalue weighted by molar-refractivity contribution is -0.142. The van der Waals surface area contributed by atoms with E-state index in [4.69, 9.17) is 5.11 Å². The van der Waals surface area contributed by atoms with E-state index in [-0.39, 0.29) is 5.91 Å². The lowest BCUT2D eigenvalue weighted by Gasteiger charge is -2.26. The molecule has 3 atom stereocenters. The summed E-state index contributed by atoms with van der Waals surface area (Å²) in [6.45, 7) is 2.23. The fourth-order valence-electron chi connectivity index (χ4n) is 3.17. The van der Waals surface area contributed by atoms with E-state index in [0.717, 1.165) is 25.7 Å². The van der Waals surface area contributed by atoms with Crippen molar-refractivity contribution in [2.75, 3.05) is 0 Å². The molecule has 3 unspecified atom stereocenters. The van der Waals surface area contributed by atoms with Gasteiger partial charge in [-0.3, -0.25) is 4.79 Å². The first-order valence-corrected chi connectivity index (χ1v) is 7.56. The van der Waals surface area contributed by atoms with Crippen molar-refractivity contribution in [2.45, 2.75) is 64.3 Å². The Morgan fingerprint density at radius 1 is 1.21 bits per heavy atom. The van der Waals surface area contributed by atoms with E-state index < -0.39 is 12.0 Å². The van der Waals surface area contributed by atoms with E-state index in [2.05, 4.69) is 12.2 Å². The molecule has 108 valence electrons. The van der Waals surface area contributed by atoms with Crippen LogP contribution in [-0.4, -0.2) is 23.0 Å². The molecule has 19 heavy (non-hydrogen) atoms. The van der Waals surface area contributed by atoms with Gasteiger partial charge >= 0.3 is 5.97 Å². The number of aliphatic carboxylic acids is 1. The van der Waals surface area contributed by atoms with Crippen molar-refractivity contribution >= 4 is 11.9 Å². The first-order chi connectivity index (χ1) is 9.04. The molecule has 0 spiro atoms. The van der Waals surface area contributed by atoms with Gasteiger partial charge in [0.2, 0.25) is 5.91 Å². The summed E-state index contributed by atoms with van der Waals surface area (Å²) < 4.78 is 0. The zero-order valence-corrected chi connectivity index (χ0v) is 11.7. The highest BCUT2D eigenvalue weighted by molar-refractivity contribution is 5.83. The maximum atomic E-state index is 12.0. The van der Waals surface area contributed by atoms with Crippen LogP contribution in [-0.2, 0) is 9.59 Å². The average Bonchev–Trinajstić information content (AvgIpc) is 3.11. The molecule has 2 rings (SSSR count). The van der Waals surface area contributed by atoms with Crippen molar-refractivity contribution in [1.29, 1.82) is 0 Å². The number of amides is 1. The second-order valence-electron chi connectivity index (χ2n) is 6.48. The number of hydrogen-bond donors (Lipinski definition) is 2. The fourth-order valence-corrected chi connectivity index (χ4v) is 3.17. The van der Waals surface area contributed by atoms with E-state index in [1.807, 2.05) is 0 Å².